The van der Waals surface area contributed by atoms with Gasteiger partial charge in [-0.05, 0) is 54.9 Å². The van der Waals surface area contributed by atoms with E-state index in [-0.39, 0.29) is 16.4 Å². The summed E-state index contributed by atoms with van der Waals surface area (Å²) >= 11 is 6.71. The average Bonchev–Trinajstić information content (AvgIpc) is 3.39. The highest BCUT2D eigenvalue weighted by Gasteiger charge is 2.22. The van der Waals surface area contributed by atoms with Crippen LogP contribution >= 0.6 is 22.9 Å². The lowest BCUT2D eigenvalue weighted by molar-refractivity contribution is -0.116. The van der Waals surface area contributed by atoms with Crippen molar-refractivity contribution in [3.8, 4) is 5.82 Å². The number of aromatic amines is 1. The first-order valence-corrected chi connectivity index (χ1v) is 15.8. The number of H-pyrrole nitrogens is 1. The Morgan fingerprint density at radius 2 is 1.93 bits per heavy atom. The molecule has 1 fully saturated rings. The molecule has 3 aromatic heterocycles. The number of carbonyl (C=O) groups is 1. The minimum Gasteiger partial charge on any atom is -0.385 e. The van der Waals surface area contributed by atoms with Crippen LogP contribution in [0.1, 0.15) is 12.0 Å². The molecule has 0 bridgehead atoms. The van der Waals surface area contributed by atoms with Gasteiger partial charge in [-0.3, -0.25) is 14.5 Å². The summed E-state index contributed by atoms with van der Waals surface area (Å²) in [6.45, 7) is 5.13. The number of anilines is 1. The first kappa shape index (κ1) is 29.1. The number of nitrogens with one attached hydrogen (secondary N) is 2. The Balaban J connectivity index is 1.24. The van der Waals surface area contributed by atoms with Crippen molar-refractivity contribution in [2.24, 2.45) is 0 Å². The van der Waals surface area contributed by atoms with Crippen LogP contribution in [0.15, 0.2) is 62.5 Å². The molecule has 0 radical (unpaired) electrons. The summed E-state index contributed by atoms with van der Waals surface area (Å²) < 4.78 is 31.5. The number of benzene rings is 1. The predicted molar refractivity (Wildman–Crippen MR) is 158 cm³/mol. The number of sulfone groups is 1. The number of fused-ring (bicyclic) bond motifs is 1. The van der Waals surface area contributed by atoms with Crippen molar-refractivity contribution in [3.63, 3.8) is 0 Å². The second-order valence-electron chi connectivity index (χ2n) is 9.62. The van der Waals surface area contributed by atoms with E-state index >= 15 is 0 Å². The van der Waals surface area contributed by atoms with E-state index in [4.69, 9.17) is 16.3 Å². The summed E-state index contributed by atoms with van der Waals surface area (Å²) in [6, 6.07) is 11.0. The van der Waals surface area contributed by atoms with Crippen LogP contribution in [0.3, 0.4) is 0 Å². The third-order valence-corrected chi connectivity index (χ3v) is 10.1. The molecule has 5 rings (SSSR count). The molecule has 4 heterocycles. The van der Waals surface area contributed by atoms with Gasteiger partial charge in [0, 0.05) is 37.9 Å². The fraction of sp³-hybridized carbons (Fsp3) is 0.333. The number of ketones is 1. The summed E-state index contributed by atoms with van der Waals surface area (Å²) in [4.78, 5) is 47.8. The Labute approximate surface area is 244 Å². The van der Waals surface area contributed by atoms with Gasteiger partial charge in [0.15, 0.2) is 15.6 Å². The topological polar surface area (TPSA) is 143 Å². The van der Waals surface area contributed by atoms with Crippen LogP contribution < -0.4 is 16.6 Å². The lowest BCUT2D eigenvalue weighted by Gasteiger charge is -2.26. The molecule has 4 aromatic rings. The minimum absolute atomic E-state index is 0.0332. The van der Waals surface area contributed by atoms with Crippen molar-refractivity contribution in [2.45, 2.75) is 17.1 Å². The molecular formula is C27H28ClN5O6S2. The molecule has 0 spiro atoms. The molecule has 1 aliphatic rings. The maximum atomic E-state index is 13.2. The smallest absolute Gasteiger partial charge is 0.334 e. The zero-order valence-electron chi connectivity index (χ0n) is 22.0. The maximum Gasteiger partial charge on any atom is 0.334 e. The Bertz CT molecular complexity index is 1780. The normalized spacial score (nSPS) is 14.4. The number of halogens is 1. The van der Waals surface area contributed by atoms with Crippen molar-refractivity contribution in [3.05, 3.63) is 79.4 Å². The number of hydrogen-bond donors (Lipinski definition) is 2. The van der Waals surface area contributed by atoms with E-state index in [9.17, 15) is 22.8 Å². The Morgan fingerprint density at radius 1 is 1.12 bits per heavy atom. The molecule has 216 valence electrons. The number of rotatable bonds is 11. The van der Waals surface area contributed by atoms with Crippen molar-refractivity contribution in [1.82, 2.24) is 19.4 Å². The van der Waals surface area contributed by atoms with Gasteiger partial charge in [0.05, 0.1) is 28.5 Å². The highest BCUT2D eigenvalue weighted by Crippen LogP contribution is 2.26. The van der Waals surface area contributed by atoms with E-state index in [1.54, 1.807) is 18.2 Å². The largest absolute Gasteiger partial charge is 0.385 e. The molecule has 1 aliphatic heterocycles. The number of pyridine rings is 1. The van der Waals surface area contributed by atoms with E-state index in [1.165, 1.54) is 30.5 Å². The highest BCUT2D eigenvalue weighted by molar-refractivity contribution is 7.94. The van der Waals surface area contributed by atoms with Gasteiger partial charge < -0.3 is 15.0 Å². The molecule has 0 aliphatic carbocycles. The van der Waals surface area contributed by atoms with Crippen LogP contribution in [-0.4, -0.2) is 78.8 Å². The fourth-order valence-corrected chi connectivity index (χ4v) is 7.39. The molecule has 14 heteroatoms. The zero-order valence-corrected chi connectivity index (χ0v) is 24.4. The van der Waals surface area contributed by atoms with Crippen molar-refractivity contribution < 1.29 is 17.9 Å². The highest BCUT2D eigenvalue weighted by atomic mass is 35.5. The van der Waals surface area contributed by atoms with Crippen molar-refractivity contribution in [2.75, 3.05) is 50.5 Å². The van der Waals surface area contributed by atoms with Crippen molar-refractivity contribution >= 4 is 55.1 Å². The van der Waals surface area contributed by atoms with Crippen LogP contribution in [-0.2, 0) is 25.8 Å². The molecule has 1 saturated heterocycles. The van der Waals surface area contributed by atoms with Gasteiger partial charge in [0.1, 0.15) is 15.8 Å². The van der Waals surface area contributed by atoms with Crippen LogP contribution in [0.2, 0.25) is 4.34 Å². The summed E-state index contributed by atoms with van der Waals surface area (Å²) in [7, 11) is -3.79. The minimum atomic E-state index is -3.79. The van der Waals surface area contributed by atoms with E-state index in [2.05, 4.69) is 20.2 Å². The predicted octanol–water partition coefficient (Wildman–Crippen LogP) is 2.51. The van der Waals surface area contributed by atoms with Gasteiger partial charge in [-0.2, -0.15) is 0 Å². The number of ether oxygens (including phenoxy) is 1. The number of Topliss-reactive ketones (excluding diaryl/α,β-unsaturated/α-hetero) is 1. The van der Waals surface area contributed by atoms with Gasteiger partial charge in [-0.15, -0.1) is 11.3 Å². The lowest BCUT2D eigenvalue weighted by Crippen LogP contribution is -2.37. The second-order valence-corrected chi connectivity index (χ2v) is 13.6. The third-order valence-electron chi connectivity index (χ3n) is 6.63. The van der Waals surface area contributed by atoms with E-state index in [0.717, 1.165) is 67.4 Å². The first-order valence-electron chi connectivity index (χ1n) is 13.0. The zero-order chi connectivity index (χ0) is 29.0. The summed E-state index contributed by atoms with van der Waals surface area (Å²) in [5, 5.41) is 3.66. The number of morpholine rings is 1. The number of carbonyl (C=O) groups excluding carboxylic acids is 1. The molecule has 2 N–H and O–H groups in total. The molecule has 11 nitrogen and oxygen atoms in total. The average molecular weight is 618 g/mol. The van der Waals surface area contributed by atoms with Crippen LogP contribution in [0, 0.1) is 0 Å². The summed E-state index contributed by atoms with van der Waals surface area (Å²) in [5.41, 5.74) is 0.477. The second kappa shape index (κ2) is 12.7. The van der Waals surface area contributed by atoms with Gasteiger partial charge in [0.2, 0.25) is 0 Å². The van der Waals surface area contributed by atoms with Crippen molar-refractivity contribution in [1.29, 1.82) is 0 Å². The third kappa shape index (κ3) is 7.11. The Hall–Kier alpha value is -3.36. The van der Waals surface area contributed by atoms with Gasteiger partial charge in [-0.25, -0.2) is 22.8 Å². The number of aromatic nitrogens is 3. The first-order chi connectivity index (χ1) is 19.7. The van der Waals surface area contributed by atoms with E-state index in [0.29, 0.717) is 20.8 Å². The Morgan fingerprint density at radius 3 is 2.63 bits per heavy atom. The monoisotopic (exact) mass is 617 g/mol. The molecule has 0 amide bonds. The molecular weight excluding hydrogens is 590 g/mol. The Kier molecular flexibility index (Phi) is 9.00. The van der Waals surface area contributed by atoms with E-state index in [1.807, 2.05) is 0 Å². The fourth-order valence-electron chi connectivity index (χ4n) is 4.58. The van der Waals surface area contributed by atoms with Crippen LogP contribution in [0.5, 0.6) is 0 Å². The van der Waals surface area contributed by atoms with E-state index < -0.39 is 32.6 Å². The quantitative estimate of drug-likeness (QED) is 0.243. The molecule has 1 aromatic carbocycles. The number of nitrogens with zero attached hydrogens (tertiary/aromatic N) is 3. The number of thiophene rings is 1. The molecule has 0 saturated carbocycles. The molecule has 41 heavy (non-hydrogen) atoms. The molecule has 0 unspecified atom stereocenters. The molecule has 0 atom stereocenters. The summed E-state index contributed by atoms with van der Waals surface area (Å²) in [5.74, 6) is -1.10. The number of hydrogen-bond acceptors (Lipinski definition) is 10. The summed E-state index contributed by atoms with van der Waals surface area (Å²) in [6.07, 6.45) is 2.13. The standard InChI is InChI=1S/C27H28ClN5O6S2/c28-23-5-7-25(40-23)41(37,38)17-20(34)14-18-2-6-24(30-16-18)33-26(35)21-4-3-19(15-22(21)31-27(33)36)29-8-1-9-32-10-12-39-13-11-32/h2-7,15-16,29H,1,8-14,17H2,(H,31,36). The maximum absolute atomic E-state index is 13.2. The van der Waals surface area contributed by atoms with Crippen LogP contribution in [0.25, 0.3) is 16.7 Å². The van der Waals surface area contributed by atoms with Gasteiger partial charge >= 0.3 is 5.69 Å². The SMILES string of the molecule is O=C(Cc1ccc(-n2c(=O)[nH]c3cc(NCCCN4CCOCC4)ccc3c2=O)nc1)CS(=O)(=O)c1ccc(Cl)s1. The van der Waals surface area contributed by atoms with Gasteiger partial charge in [-0.1, -0.05) is 17.7 Å². The van der Waals surface area contributed by atoms with Crippen LogP contribution in [0.4, 0.5) is 5.69 Å². The van der Waals surface area contributed by atoms with Gasteiger partial charge in [0.25, 0.3) is 5.56 Å². The lowest BCUT2D eigenvalue weighted by atomic mass is 10.1.